The number of hydrogen-bond donors (Lipinski definition) is 0. The van der Waals surface area contributed by atoms with Crippen LogP contribution in [0.3, 0.4) is 0 Å². The van der Waals surface area contributed by atoms with Gasteiger partial charge in [0.15, 0.2) is 0 Å². The van der Waals surface area contributed by atoms with Crippen LogP contribution in [-0.2, 0) is 12.4 Å². The van der Waals surface area contributed by atoms with Crippen LogP contribution in [0, 0.1) is 0 Å². The number of rotatable bonds is 1. The quantitative estimate of drug-likeness (QED) is 0.664. The van der Waals surface area contributed by atoms with Crippen LogP contribution in [0.15, 0.2) is 40.9 Å². The molecule has 2 rings (SSSR count). The second-order valence-corrected chi connectivity index (χ2v) is 2.65. The van der Waals surface area contributed by atoms with E-state index in [0.29, 0.717) is 0 Å². The van der Waals surface area contributed by atoms with E-state index in [-0.39, 0.29) is 0 Å². The number of hydrogen-bond acceptors (Lipinski definition) is 3. The predicted molar refractivity (Wildman–Crippen MR) is 51.2 cm³/mol. The first kappa shape index (κ1) is 7.31. The summed E-state index contributed by atoms with van der Waals surface area (Å²) in [5.74, 6) is 0. The van der Waals surface area contributed by atoms with Crippen LogP contribution in [0.5, 0.6) is 0 Å². The maximum atomic E-state index is 4.59. The van der Waals surface area contributed by atoms with Gasteiger partial charge in [0.25, 0.3) is 0 Å². The summed E-state index contributed by atoms with van der Waals surface area (Å²) in [6, 6.07) is 9.60. The highest BCUT2D eigenvalue weighted by atomic mass is 32.1. The van der Waals surface area contributed by atoms with Crippen molar-refractivity contribution < 1.29 is 0 Å². The Morgan fingerprint density at radius 3 is 3.00 bits per heavy atom. The van der Waals surface area contributed by atoms with Crippen molar-refractivity contribution in [3.8, 4) is 0 Å². The Kier molecular flexibility index (Phi) is 1.80. The van der Waals surface area contributed by atoms with Crippen LogP contribution in [0.1, 0.15) is 0 Å². The van der Waals surface area contributed by atoms with Crippen molar-refractivity contribution in [2.45, 2.75) is 0 Å². The molecule has 2 nitrogen and oxygen atoms in total. The average Bonchev–Trinajstić information content (AvgIpc) is 2.17. The van der Waals surface area contributed by atoms with Gasteiger partial charge in [-0.05, 0) is 24.3 Å². The molecule has 3 heteroatoms. The fourth-order valence-corrected chi connectivity index (χ4v) is 1.23. The van der Waals surface area contributed by atoms with Gasteiger partial charge in [0.05, 0.1) is 11.2 Å². The largest absolute Gasteiger partial charge is 0.256 e. The lowest BCUT2D eigenvalue weighted by Gasteiger charge is -1.95. The summed E-state index contributed by atoms with van der Waals surface area (Å²) in [5, 5.41) is 1.07. The number of nitrogens with zero attached hydrogens (tertiary/aromatic N) is 2. The third kappa shape index (κ3) is 1.19. The average molecular weight is 174 g/mol. The molecule has 0 aliphatic carbocycles. The zero-order valence-electron chi connectivity index (χ0n) is 6.27. The van der Waals surface area contributed by atoms with E-state index in [1.807, 2.05) is 30.3 Å². The number of benzene rings is 1. The minimum atomic E-state index is 0.811. The van der Waals surface area contributed by atoms with Crippen molar-refractivity contribution in [2.24, 2.45) is 4.36 Å². The van der Waals surface area contributed by atoms with Crippen LogP contribution in [0.2, 0.25) is 0 Å². The molecular weight excluding hydrogens is 168 g/mol. The first-order valence-corrected chi connectivity index (χ1v) is 3.95. The van der Waals surface area contributed by atoms with Gasteiger partial charge in [0, 0.05) is 24.0 Å². The van der Waals surface area contributed by atoms with E-state index in [2.05, 4.69) is 21.8 Å². The monoisotopic (exact) mass is 174 g/mol. The van der Waals surface area contributed by atoms with Gasteiger partial charge in [-0.1, -0.05) is 6.07 Å². The van der Waals surface area contributed by atoms with E-state index < -0.39 is 0 Å². The minimum absolute atomic E-state index is 0.811. The smallest absolute Gasteiger partial charge is 0.0776 e. The van der Waals surface area contributed by atoms with Crippen LogP contribution >= 0.6 is 0 Å². The Bertz CT molecular complexity index is 426. The zero-order valence-corrected chi connectivity index (χ0v) is 7.08. The summed E-state index contributed by atoms with van der Waals surface area (Å²) < 4.78 is 3.68. The third-order valence-corrected chi connectivity index (χ3v) is 1.90. The highest BCUT2D eigenvalue weighted by molar-refractivity contribution is 7.47. The summed E-state index contributed by atoms with van der Waals surface area (Å²) in [4.78, 5) is 4.18. The van der Waals surface area contributed by atoms with Gasteiger partial charge in [-0.15, -0.1) is 0 Å². The lowest BCUT2D eigenvalue weighted by Crippen LogP contribution is -1.75. The van der Waals surface area contributed by atoms with Crippen LogP contribution in [-0.4, -0.2) is 4.98 Å². The van der Waals surface area contributed by atoms with Crippen molar-refractivity contribution in [3.05, 3.63) is 36.5 Å². The molecule has 1 aromatic heterocycles. The molecule has 0 saturated carbocycles. The third-order valence-electron chi connectivity index (χ3n) is 1.69. The first-order chi connectivity index (χ1) is 5.90. The molecule has 0 fully saturated rings. The molecule has 0 aliphatic heterocycles. The van der Waals surface area contributed by atoms with E-state index in [4.69, 9.17) is 0 Å². The van der Waals surface area contributed by atoms with Gasteiger partial charge in [0.1, 0.15) is 0 Å². The summed E-state index contributed by atoms with van der Waals surface area (Å²) in [7, 11) is 0. The molecule has 0 bridgehead atoms. The Balaban J connectivity index is 2.75. The molecule has 2 aromatic rings. The second kappa shape index (κ2) is 2.95. The highest BCUT2D eigenvalue weighted by Gasteiger charge is 1.93. The SMILES string of the molecule is S=Nc1ccc2ncccc2c1. The van der Waals surface area contributed by atoms with E-state index >= 15 is 0 Å². The molecule has 0 aliphatic rings. The standard InChI is InChI=1S/C9H6N2S/c12-11-8-3-4-9-7(6-8)2-1-5-10-9/h1-6H. The van der Waals surface area contributed by atoms with Gasteiger partial charge in [0.2, 0.25) is 0 Å². The Hall–Kier alpha value is -1.35. The first-order valence-electron chi connectivity index (χ1n) is 3.58. The van der Waals surface area contributed by atoms with Crippen molar-refractivity contribution in [1.29, 1.82) is 0 Å². The van der Waals surface area contributed by atoms with Gasteiger partial charge in [-0.3, -0.25) is 4.98 Å². The minimum Gasteiger partial charge on any atom is -0.256 e. The Morgan fingerprint density at radius 1 is 1.25 bits per heavy atom. The summed E-state index contributed by atoms with van der Waals surface area (Å²) in [5.41, 5.74) is 1.78. The molecule has 1 heterocycles. The maximum Gasteiger partial charge on any atom is 0.0776 e. The molecule has 0 amide bonds. The highest BCUT2D eigenvalue weighted by Crippen LogP contribution is 2.18. The topological polar surface area (TPSA) is 25.2 Å². The zero-order chi connectivity index (χ0) is 8.39. The molecule has 1 aromatic carbocycles. The molecule has 0 N–H and O–H groups in total. The lowest BCUT2D eigenvalue weighted by molar-refractivity contribution is 1.41. The van der Waals surface area contributed by atoms with Crippen LogP contribution in [0.25, 0.3) is 10.9 Å². The van der Waals surface area contributed by atoms with Crippen molar-refractivity contribution >= 4 is 29.0 Å². The molecule has 0 spiro atoms. The van der Waals surface area contributed by atoms with Crippen LogP contribution < -0.4 is 0 Å². The number of pyridine rings is 1. The molecule has 58 valence electrons. The van der Waals surface area contributed by atoms with Gasteiger partial charge >= 0.3 is 0 Å². The van der Waals surface area contributed by atoms with E-state index in [0.717, 1.165) is 16.6 Å². The van der Waals surface area contributed by atoms with Crippen molar-refractivity contribution in [2.75, 3.05) is 0 Å². The Labute approximate surface area is 75.4 Å². The van der Waals surface area contributed by atoms with E-state index in [1.54, 1.807) is 6.20 Å². The number of aromatic nitrogens is 1. The van der Waals surface area contributed by atoms with Gasteiger partial charge in [-0.2, -0.15) is 4.36 Å². The molecule has 0 unspecified atom stereocenters. The van der Waals surface area contributed by atoms with Crippen LogP contribution in [0.4, 0.5) is 5.69 Å². The summed E-state index contributed by atoms with van der Waals surface area (Å²) in [6.07, 6.45) is 1.77. The normalized spacial score (nSPS) is 10.0. The fraction of sp³-hybridized carbons (Fsp3) is 0. The molecule has 0 saturated heterocycles. The summed E-state index contributed by atoms with van der Waals surface area (Å²) >= 11 is 4.59. The molecular formula is C9H6N2S. The molecule has 12 heavy (non-hydrogen) atoms. The Morgan fingerprint density at radius 2 is 2.17 bits per heavy atom. The van der Waals surface area contributed by atoms with E-state index in [9.17, 15) is 0 Å². The van der Waals surface area contributed by atoms with E-state index in [1.165, 1.54) is 0 Å². The molecule has 0 radical (unpaired) electrons. The number of fused-ring (bicyclic) bond motifs is 1. The van der Waals surface area contributed by atoms with Crippen molar-refractivity contribution in [1.82, 2.24) is 4.98 Å². The van der Waals surface area contributed by atoms with Gasteiger partial charge < -0.3 is 0 Å². The predicted octanol–water partition coefficient (Wildman–Crippen LogP) is 2.60. The lowest BCUT2D eigenvalue weighted by atomic mass is 10.2. The summed E-state index contributed by atoms with van der Waals surface area (Å²) in [6.45, 7) is 0. The molecule has 0 atom stereocenters. The fourth-order valence-electron chi connectivity index (χ4n) is 1.12. The van der Waals surface area contributed by atoms with Crippen molar-refractivity contribution in [3.63, 3.8) is 0 Å². The maximum absolute atomic E-state index is 4.59. The second-order valence-electron chi connectivity index (χ2n) is 2.47. The van der Waals surface area contributed by atoms with Gasteiger partial charge in [-0.25, -0.2) is 0 Å².